The Balaban J connectivity index is 1.19. The molecule has 7 nitrogen and oxygen atoms in total. The van der Waals surface area contributed by atoms with Crippen molar-refractivity contribution < 1.29 is 19.1 Å². The first kappa shape index (κ1) is 28.2. The van der Waals surface area contributed by atoms with E-state index in [4.69, 9.17) is 21.1 Å². The summed E-state index contributed by atoms with van der Waals surface area (Å²) in [5.74, 6) is 0.880. The summed E-state index contributed by atoms with van der Waals surface area (Å²) in [5, 5.41) is 6.16. The van der Waals surface area contributed by atoms with Crippen LogP contribution in [0.25, 0.3) is 0 Å². The maximum atomic E-state index is 13.1. The summed E-state index contributed by atoms with van der Waals surface area (Å²) < 4.78 is 10.9. The molecule has 1 aliphatic rings. The van der Waals surface area contributed by atoms with Crippen LogP contribution in [0.4, 0.5) is 11.4 Å². The third kappa shape index (κ3) is 6.88. The second-order valence-corrected chi connectivity index (χ2v) is 10.3. The van der Waals surface area contributed by atoms with E-state index in [0.29, 0.717) is 27.5 Å². The molecule has 8 heteroatoms. The molecule has 0 bridgehead atoms. The SMILES string of the molecule is COc1cc2c(cc1OC)CN(CCc1ccc(NC(=O)c3ccc(Cl)cc3NC(=O)c3ccccc3)cc1)CC2. The van der Waals surface area contributed by atoms with E-state index in [-0.39, 0.29) is 11.8 Å². The smallest absolute Gasteiger partial charge is 0.257 e. The molecule has 0 aliphatic carbocycles. The minimum atomic E-state index is -0.336. The van der Waals surface area contributed by atoms with Gasteiger partial charge in [0.1, 0.15) is 0 Å². The van der Waals surface area contributed by atoms with Crippen LogP contribution in [0.15, 0.2) is 84.9 Å². The number of amides is 2. The van der Waals surface area contributed by atoms with Crippen molar-refractivity contribution in [3.05, 3.63) is 118 Å². The van der Waals surface area contributed by atoms with Gasteiger partial charge in [0, 0.05) is 35.9 Å². The van der Waals surface area contributed by atoms with Gasteiger partial charge in [-0.05, 0) is 84.1 Å². The molecule has 0 fully saturated rings. The fourth-order valence-electron chi connectivity index (χ4n) is 4.97. The highest BCUT2D eigenvalue weighted by atomic mass is 35.5. The zero-order valence-corrected chi connectivity index (χ0v) is 23.8. The molecule has 0 saturated heterocycles. The summed E-state index contributed by atoms with van der Waals surface area (Å²) in [6.45, 7) is 2.78. The van der Waals surface area contributed by atoms with Crippen LogP contribution < -0.4 is 20.1 Å². The van der Waals surface area contributed by atoms with E-state index in [9.17, 15) is 9.59 Å². The van der Waals surface area contributed by atoms with Gasteiger partial charge in [0.2, 0.25) is 0 Å². The summed E-state index contributed by atoms with van der Waals surface area (Å²) in [5.41, 5.74) is 5.59. The van der Waals surface area contributed by atoms with Gasteiger partial charge in [-0.2, -0.15) is 0 Å². The van der Waals surface area contributed by atoms with E-state index in [1.54, 1.807) is 56.7 Å². The van der Waals surface area contributed by atoms with Gasteiger partial charge in [0.25, 0.3) is 11.8 Å². The Morgan fingerprint density at radius 3 is 2.24 bits per heavy atom. The number of hydrogen-bond acceptors (Lipinski definition) is 5. The second kappa shape index (κ2) is 12.9. The monoisotopic (exact) mass is 569 g/mol. The van der Waals surface area contributed by atoms with Crippen LogP contribution in [0.1, 0.15) is 37.4 Å². The lowest BCUT2D eigenvalue weighted by molar-refractivity contribution is 0.102. The van der Waals surface area contributed by atoms with Crippen molar-refractivity contribution >= 4 is 34.8 Å². The highest BCUT2D eigenvalue weighted by Crippen LogP contribution is 2.33. The lowest BCUT2D eigenvalue weighted by Crippen LogP contribution is -2.32. The Labute approximate surface area is 245 Å². The molecule has 41 heavy (non-hydrogen) atoms. The van der Waals surface area contributed by atoms with Crippen molar-refractivity contribution in [3.63, 3.8) is 0 Å². The highest BCUT2D eigenvalue weighted by Gasteiger charge is 2.20. The van der Waals surface area contributed by atoms with Gasteiger partial charge in [0.05, 0.1) is 25.5 Å². The summed E-state index contributed by atoms with van der Waals surface area (Å²) in [6.07, 6.45) is 1.86. The molecule has 0 aromatic heterocycles. The third-order valence-electron chi connectivity index (χ3n) is 7.24. The molecule has 4 aromatic carbocycles. The molecule has 5 rings (SSSR count). The second-order valence-electron chi connectivity index (χ2n) is 9.91. The molecule has 210 valence electrons. The average Bonchev–Trinajstić information content (AvgIpc) is 3.00. The van der Waals surface area contributed by atoms with Gasteiger partial charge in [-0.15, -0.1) is 0 Å². The Kier molecular flexibility index (Phi) is 8.87. The number of nitrogens with zero attached hydrogens (tertiary/aromatic N) is 1. The minimum Gasteiger partial charge on any atom is -0.493 e. The first-order valence-corrected chi connectivity index (χ1v) is 13.8. The van der Waals surface area contributed by atoms with Crippen molar-refractivity contribution in [2.24, 2.45) is 0 Å². The van der Waals surface area contributed by atoms with E-state index < -0.39 is 0 Å². The molecule has 1 heterocycles. The Hall–Kier alpha value is -4.33. The number of carbonyl (C=O) groups excluding carboxylic acids is 2. The van der Waals surface area contributed by atoms with Crippen molar-refractivity contribution in [2.45, 2.75) is 19.4 Å². The first-order chi connectivity index (χ1) is 19.9. The first-order valence-electron chi connectivity index (χ1n) is 13.5. The zero-order valence-electron chi connectivity index (χ0n) is 23.1. The molecule has 0 radical (unpaired) electrons. The fourth-order valence-corrected chi connectivity index (χ4v) is 5.15. The number of rotatable bonds is 9. The number of halogens is 1. The number of benzene rings is 4. The number of ether oxygens (including phenoxy) is 2. The van der Waals surface area contributed by atoms with Crippen LogP contribution in [0.2, 0.25) is 5.02 Å². The third-order valence-corrected chi connectivity index (χ3v) is 7.47. The molecular formula is C33H32ClN3O4. The predicted octanol–water partition coefficient (Wildman–Crippen LogP) is 6.46. The zero-order chi connectivity index (χ0) is 28.8. The highest BCUT2D eigenvalue weighted by molar-refractivity contribution is 6.31. The van der Waals surface area contributed by atoms with Crippen LogP contribution in [-0.4, -0.2) is 44.0 Å². The van der Waals surface area contributed by atoms with Crippen LogP contribution >= 0.6 is 11.6 Å². The van der Waals surface area contributed by atoms with E-state index in [1.165, 1.54) is 16.7 Å². The van der Waals surface area contributed by atoms with Crippen molar-refractivity contribution in [1.82, 2.24) is 4.90 Å². The number of carbonyl (C=O) groups is 2. The quantitative estimate of drug-likeness (QED) is 0.242. The van der Waals surface area contributed by atoms with Crippen LogP contribution in [0.5, 0.6) is 11.5 Å². The molecule has 0 atom stereocenters. The van der Waals surface area contributed by atoms with Crippen LogP contribution in [-0.2, 0) is 19.4 Å². The fraction of sp³-hybridized carbons (Fsp3) is 0.212. The van der Waals surface area contributed by atoms with Crippen LogP contribution in [0, 0.1) is 0 Å². The molecule has 0 spiro atoms. The summed E-state index contributed by atoms with van der Waals surface area (Å²) in [6, 6.07) is 25.6. The molecule has 0 saturated carbocycles. The standard InChI is InChI=1S/C33H32ClN3O4/c1-40-30-18-24-15-17-37(21-25(24)19-31(30)41-2)16-14-22-8-11-27(12-9-22)35-33(39)28-13-10-26(34)20-29(28)36-32(38)23-6-4-3-5-7-23/h3-13,18-20H,14-17,21H2,1-2H3,(H,35,39)(H,36,38). The average molecular weight is 570 g/mol. The number of hydrogen-bond donors (Lipinski definition) is 2. The maximum Gasteiger partial charge on any atom is 0.257 e. The van der Waals surface area contributed by atoms with Crippen molar-refractivity contribution in [2.75, 3.05) is 37.9 Å². The lowest BCUT2D eigenvalue weighted by Gasteiger charge is -2.29. The van der Waals surface area contributed by atoms with Crippen LogP contribution in [0.3, 0.4) is 0 Å². The summed E-state index contributed by atoms with van der Waals surface area (Å²) in [7, 11) is 3.33. The topological polar surface area (TPSA) is 79.9 Å². The van der Waals surface area contributed by atoms with Gasteiger partial charge in [-0.1, -0.05) is 41.9 Å². The molecule has 0 unspecified atom stereocenters. The number of anilines is 2. The number of nitrogens with one attached hydrogen (secondary N) is 2. The molecule has 1 aliphatic heterocycles. The van der Waals surface area contributed by atoms with Gasteiger partial charge in [-0.3, -0.25) is 14.5 Å². The van der Waals surface area contributed by atoms with E-state index in [0.717, 1.165) is 44.0 Å². The van der Waals surface area contributed by atoms with Gasteiger partial charge in [-0.25, -0.2) is 0 Å². The lowest BCUT2D eigenvalue weighted by atomic mass is 9.98. The number of fused-ring (bicyclic) bond motifs is 1. The molecule has 2 amide bonds. The van der Waals surface area contributed by atoms with Crippen molar-refractivity contribution in [1.29, 1.82) is 0 Å². The minimum absolute atomic E-state index is 0.317. The molecule has 4 aromatic rings. The van der Waals surface area contributed by atoms with Gasteiger partial charge >= 0.3 is 0 Å². The van der Waals surface area contributed by atoms with E-state index >= 15 is 0 Å². The largest absolute Gasteiger partial charge is 0.493 e. The van der Waals surface area contributed by atoms with Crippen molar-refractivity contribution in [3.8, 4) is 11.5 Å². The van der Waals surface area contributed by atoms with Gasteiger partial charge in [0.15, 0.2) is 11.5 Å². The maximum absolute atomic E-state index is 13.1. The number of methoxy groups -OCH3 is 2. The van der Waals surface area contributed by atoms with E-state index in [2.05, 4.69) is 27.7 Å². The summed E-state index contributed by atoms with van der Waals surface area (Å²) in [4.78, 5) is 28.3. The molecule has 2 N–H and O–H groups in total. The van der Waals surface area contributed by atoms with E-state index in [1.807, 2.05) is 30.3 Å². The summed E-state index contributed by atoms with van der Waals surface area (Å²) >= 11 is 6.17. The molecular weight excluding hydrogens is 538 g/mol. The Morgan fingerprint density at radius 1 is 0.829 bits per heavy atom. The van der Waals surface area contributed by atoms with Gasteiger partial charge < -0.3 is 20.1 Å². The predicted molar refractivity (Wildman–Crippen MR) is 162 cm³/mol. The normalized spacial score (nSPS) is 12.8. The Morgan fingerprint density at radius 2 is 1.54 bits per heavy atom. The Bertz CT molecular complexity index is 1540.